The first-order valence-corrected chi connectivity index (χ1v) is 12.6. The Balaban J connectivity index is 1.52. The molecule has 0 saturated carbocycles. The summed E-state index contributed by atoms with van der Waals surface area (Å²) in [5, 5.41) is 0. The highest BCUT2D eigenvalue weighted by molar-refractivity contribution is 8.00. The molecule has 0 bridgehead atoms. The monoisotopic (exact) mass is 413 g/mol. The van der Waals surface area contributed by atoms with E-state index in [0.717, 1.165) is 36.6 Å². The van der Waals surface area contributed by atoms with Crippen LogP contribution in [0.3, 0.4) is 0 Å². The van der Waals surface area contributed by atoms with Crippen LogP contribution in [0.25, 0.3) is 0 Å². The van der Waals surface area contributed by atoms with E-state index < -0.39 is 16.3 Å². The first-order chi connectivity index (χ1) is 12.6. The quantitative estimate of drug-likeness (QED) is 0.746. The first-order valence-electron chi connectivity index (χ1n) is 8.85. The Labute approximate surface area is 163 Å². The summed E-state index contributed by atoms with van der Waals surface area (Å²) >= 11 is 3.37. The summed E-state index contributed by atoms with van der Waals surface area (Å²) in [5.74, 6) is 2.74. The number of benzene rings is 1. The summed E-state index contributed by atoms with van der Waals surface area (Å²) in [7, 11) is -3.64. The number of amides is 1. The van der Waals surface area contributed by atoms with Crippen LogP contribution in [-0.4, -0.2) is 76.6 Å². The predicted octanol–water partition coefficient (Wildman–Crippen LogP) is 1.24. The average molecular weight is 414 g/mol. The minimum absolute atomic E-state index is 0.0312. The molecule has 0 N–H and O–H groups in total. The SMILES string of the molecule is O=C(C1CSCN1S(=O)(=O)N1CCc2ccccc2C1)N1CCSCC1. The van der Waals surface area contributed by atoms with Crippen molar-refractivity contribution in [2.45, 2.75) is 19.0 Å². The Bertz CT molecular complexity index is 780. The van der Waals surface area contributed by atoms with Gasteiger partial charge in [-0.3, -0.25) is 4.79 Å². The van der Waals surface area contributed by atoms with Crippen LogP contribution in [0, 0.1) is 0 Å². The van der Waals surface area contributed by atoms with Crippen LogP contribution in [0.5, 0.6) is 0 Å². The molecule has 26 heavy (non-hydrogen) atoms. The normalized spacial score (nSPS) is 25.2. The molecule has 3 heterocycles. The van der Waals surface area contributed by atoms with Gasteiger partial charge >= 0.3 is 0 Å². The van der Waals surface area contributed by atoms with Crippen LogP contribution >= 0.6 is 23.5 Å². The van der Waals surface area contributed by atoms with Crippen LogP contribution in [0.1, 0.15) is 11.1 Å². The molecule has 6 nitrogen and oxygen atoms in total. The molecule has 1 atom stereocenters. The van der Waals surface area contributed by atoms with E-state index in [2.05, 4.69) is 6.07 Å². The van der Waals surface area contributed by atoms with Gasteiger partial charge in [-0.2, -0.15) is 28.8 Å². The fourth-order valence-corrected chi connectivity index (χ4v) is 7.83. The highest BCUT2D eigenvalue weighted by Crippen LogP contribution is 2.30. The van der Waals surface area contributed by atoms with Gasteiger partial charge in [0.25, 0.3) is 10.2 Å². The summed E-state index contributed by atoms with van der Waals surface area (Å²) in [4.78, 5) is 14.8. The van der Waals surface area contributed by atoms with E-state index in [4.69, 9.17) is 0 Å². The number of thioether (sulfide) groups is 2. The largest absolute Gasteiger partial charge is 0.340 e. The second-order valence-electron chi connectivity index (χ2n) is 6.70. The minimum Gasteiger partial charge on any atom is -0.340 e. The molecule has 142 valence electrons. The lowest BCUT2D eigenvalue weighted by Crippen LogP contribution is -2.54. The van der Waals surface area contributed by atoms with E-state index in [0.29, 0.717) is 24.7 Å². The Kier molecular flexibility index (Phi) is 5.52. The average Bonchev–Trinajstić information content (AvgIpc) is 3.18. The summed E-state index contributed by atoms with van der Waals surface area (Å²) in [6, 6.07) is 7.42. The molecular formula is C17H23N3O3S3. The van der Waals surface area contributed by atoms with E-state index in [9.17, 15) is 13.2 Å². The van der Waals surface area contributed by atoms with Gasteiger partial charge < -0.3 is 4.90 Å². The number of nitrogens with zero attached hydrogens (tertiary/aromatic N) is 3. The van der Waals surface area contributed by atoms with Crippen molar-refractivity contribution in [3.8, 4) is 0 Å². The van der Waals surface area contributed by atoms with E-state index >= 15 is 0 Å². The standard InChI is InChI=1S/C17H23N3O3S3/c21-17(18-7-9-24-10-8-18)16-12-25-13-20(16)26(22,23)19-6-5-14-3-1-2-4-15(14)11-19/h1-4,16H,5-13H2. The van der Waals surface area contributed by atoms with Crippen molar-refractivity contribution in [1.29, 1.82) is 0 Å². The highest BCUT2D eigenvalue weighted by Gasteiger charge is 2.44. The van der Waals surface area contributed by atoms with Gasteiger partial charge in [-0.1, -0.05) is 24.3 Å². The topological polar surface area (TPSA) is 60.9 Å². The van der Waals surface area contributed by atoms with Crippen LogP contribution in [0.4, 0.5) is 0 Å². The molecule has 1 amide bonds. The van der Waals surface area contributed by atoms with Crippen molar-refractivity contribution in [3.05, 3.63) is 35.4 Å². The predicted molar refractivity (Wildman–Crippen MR) is 106 cm³/mol. The first kappa shape index (κ1) is 18.6. The zero-order valence-corrected chi connectivity index (χ0v) is 17.0. The molecule has 2 saturated heterocycles. The Morgan fingerprint density at radius 3 is 2.54 bits per heavy atom. The number of carbonyl (C=O) groups excluding carboxylic acids is 1. The van der Waals surface area contributed by atoms with E-state index in [1.54, 1.807) is 0 Å². The fraction of sp³-hybridized carbons (Fsp3) is 0.588. The van der Waals surface area contributed by atoms with Crippen molar-refractivity contribution in [1.82, 2.24) is 13.5 Å². The number of carbonyl (C=O) groups is 1. The van der Waals surface area contributed by atoms with E-state index in [1.807, 2.05) is 34.9 Å². The van der Waals surface area contributed by atoms with Gasteiger partial charge in [-0.25, -0.2) is 0 Å². The molecular weight excluding hydrogens is 390 g/mol. The van der Waals surface area contributed by atoms with Crippen LogP contribution in [-0.2, 0) is 28.0 Å². The van der Waals surface area contributed by atoms with Crippen molar-refractivity contribution in [2.75, 3.05) is 42.8 Å². The molecule has 9 heteroatoms. The number of hydrogen-bond donors (Lipinski definition) is 0. The Morgan fingerprint density at radius 1 is 1.04 bits per heavy atom. The molecule has 3 aliphatic heterocycles. The fourth-order valence-electron chi connectivity index (χ4n) is 3.66. The van der Waals surface area contributed by atoms with Crippen molar-refractivity contribution in [2.24, 2.45) is 0 Å². The van der Waals surface area contributed by atoms with Gasteiger partial charge in [0, 0.05) is 43.4 Å². The smallest absolute Gasteiger partial charge is 0.283 e. The third-order valence-corrected chi connectivity index (χ3v) is 9.23. The highest BCUT2D eigenvalue weighted by atomic mass is 32.2. The number of rotatable bonds is 3. The minimum atomic E-state index is -3.64. The third kappa shape index (κ3) is 3.52. The van der Waals surface area contributed by atoms with Gasteiger partial charge in [0.15, 0.2) is 0 Å². The maximum Gasteiger partial charge on any atom is 0.283 e. The van der Waals surface area contributed by atoms with Crippen molar-refractivity contribution >= 4 is 39.6 Å². The maximum atomic E-state index is 13.3. The molecule has 1 aromatic carbocycles. The molecule has 4 rings (SSSR count). The number of hydrogen-bond acceptors (Lipinski definition) is 5. The van der Waals surface area contributed by atoms with Gasteiger partial charge in [-0.05, 0) is 17.5 Å². The van der Waals surface area contributed by atoms with Crippen LogP contribution in [0.2, 0.25) is 0 Å². The van der Waals surface area contributed by atoms with E-state index in [-0.39, 0.29) is 5.91 Å². The second kappa shape index (κ2) is 7.71. The zero-order chi connectivity index (χ0) is 18.1. The maximum absolute atomic E-state index is 13.3. The molecule has 0 spiro atoms. The van der Waals surface area contributed by atoms with Gasteiger partial charge in [0.2, 0.25) is 5.91 Å². The van der Waals surface area contributed by atoms with Gasteiger partial charge in [0.1, 0.15) is 6.04 Å². The molecule has 2 fully saturated rings. The van der Waals surface area contributed by atoms with Crippen LogP contribution in [0.15, 0.2) is 24.3 Å². The Hall–Kier alpha value is -0.740. The molecule has 1 unspecified atom stereocenters. The second-order valence-corrected chi connectivity index (χ2v) is 10.8. The summed E-state index contributed by atoms with van der Waals surface area (Å²) < 4.78 is 29.5. The molecule has 0 aliphatic carbocycles. The van der Waals surface area contributed by atoms with Crippen molar-refractivity contribution < 1.29 is 13.2 Å². The summed E-state index contributed by atoms with van der Waals surface area (Å²) in [6.45, 7) is 2.30. The summed E-state index contributed by atoms with van der Waals surface area (Å²) in [5.41, 5.74) is 2.28. The summed E-state index contributed by atoms with van der Waals surface area (Å²) in [6.07, 6.45) is 0.721. The van der Waals surface area contributed by atoms with Crippen molar-refractivity contribution in [3.63, 3.8) is 0 Å². The third-order valence-electron chi connectivity index (χ3n) is 5.17. The Morgan fingerprint density at radius 2 is 1.77 bits per heavy atom. The molecule has 0 aromatic heterocycles. The zero-order valence-electron chi connectivity index (χ0n) is 14.5. The molecule has 3 aliphatic rings. The van der Waals surface area contributed by atoms with Crippen LogP contribution < -0.4 is 0 Å². The number of fused-ring (bicyclic) bond motifs is 1. The lowest BCUT2D eigenvalue weighted by atomic mass is 10.0. The van der Waals surface area contributed by atoms with Gasteiger partial charge in [0.05, 0.1) is 5.88 Å². The molecule has 0 radical (unpaired) electrons. The van der Waals surface area contributed by atoms with Gasteiger partial charge in [-0.15, -0.1) is 11.8 Å². The van der Waals surface area contributed by atoms with E-state index in [1.165, 1.54) is 25.9 Å². The molecule has 1 aromatic rings. The lowest BCUT2D eigenvalue weighted by Gasteiger charge is -2.35. The lowest BCUT2D eigenvalue weighted by molar-refractivity contribution is -0.133.